The normalized spacial score (nSPS) is 11.1. The van der Waals surface area contributed by atoms with Gasteiger partial charge in [-0.25, -0.2) is 10.2 Å². The van der Waals surface area contributed by atoms with E-state index in [0.717, 1.165) is 30.4 Å². The van der Waals surface area contributed by atoms with Crippen molar-refractivity contribution in [3.63, 3.8) is 0 Å². The van der Waals surface area contributed by atoms with Crippen LogP contribution < -0.4 is 15.5 Å². The number of hydrogen-bond acceptors (Lipinski definition) is 5. The smallest absolute Gasteiger partial charge is 0.336 e. The lowest BCUT2D eigenvalue weighted by molar-refractivity contribution is -0.129. The first-order chi connectivity index (χ1) is 19.1. The topological polar surface area (TPSA) is 96.9 Å². The van der Waals surface area contributed by atoms with Gasteiger partial charge < -0.3 is 10.1 Å². The monoisotopic (exact) mass is 533 g/mol. The van der Waals surface area contributed by atoms with E-state index in [1.807, 2.05) is 30.3 Å². The third-order valence-electron chi connectivity index (χ3n) is 6.17. The van der Waals surface area contributed by atoms with Crippen LogP contribution in [0.25, 0.3) is 6.08 Å². The average Bonchev–Trinajstić information content (AvgIpc) is 2.95. The molecule has 2 N–H and O–H groups in total. The van der Waals surface area contributed by atoms with Gasteiger partial charge in [0, 0.05) is 12.5 Å². The molecule has 210 valence electrons. The quantitative estimate of drug-likeness (QED) is 0.0533. The highest BCUT2D eigenvalue weighted by Crippen LogP contribution is 2.13. The molecule has 2 rings (SSSR count). The average molecular weight is 534 g/mol. The number of hydrogen-bond donors (Lipinski definition) is 2. The maximum atomic E-state index is 12.0. The molecule has 2 aromatic carbocycles. The Morgan fingerprint density at radius 2 is 1.36 bits per heavy atom. The number of benzene rings is 2. The molecular weight excluding hydrogens is 490 g/mol. The lowest BCUT2D eigenvalue weighted by Gasteiger charge is -2.05. The van der Waals surface area contributed by atoms with Crippen molar-refractivity contribution in [3.8, 4) is 5.75 Å². The molecule has 0 atom stereocenters. The predicted octanol–water partition coefficient (Wildman–Crippen LogP) is 6.57. The van der Waals surface area contributed by atoms with Crippen LogP contribution in [0.3, 0.4) is 0 Å². The summed E-state index contributed by atoms with van der Waals surface area (Å²) in [6.07, 6.45) is 18.5. The number of amides is 2. The van der Waals surface area contributed by atoms with Crippen LogP contribution in [0.1, 0.15) is 95.1 Å². The van der Waals surface area contributed by atoms with Gasteiger partial charge in [-0.05, 0) is 47.9 Å². The van der Waals surface area contributed by atoms with Gasteiger partial charge in [0.1, 0.15) is 5.75 Å². The van der Waals surface area contributed by atoms with E-state index in [1.165, 1.54) is 63.7 Å². The second-order valence-electron chi connectivity index (χ2n) is 9.59. The van der Waals surface area contributed by atoms with Gasteiger partial charge in [0.15, 0.2) is 0 Å². The number of ether oxygens (including phenoxy) is 1. The molecule has 0 bridgehead atoms. The number of unbranched alkanes of at least 4 members (excludes halogenated alkanes) is 10. The Hall–Kier alpha value is -3.74. The van der Waals surface area contributed by atoms with Gasteiger partial charge in [0.05, 0.1) is 12.8 Å². The molecule has 0 aliphatic rings. The molecule has 0 spiro atoms. The maximum absolute atomic E-state index is 12.0. The summed E-state index contributed by atoms with van der Waals surface area (Å²) in [6.45, 7) is 2.13. The number of hydrazone groups is 1. The molecule has 0 saturated heterocycles. The largest absolute Gasteiger partial charge is 0.423 e. The van der Waals surface area contributed by atoms with Crippen LogP contribution in [-0.2, 0) is 14.4 Å². The molecular formula is C32H43N3O4. The van der Waals surface area contributed by atoms with Crippen molar-refractivity contribution >= 4 is 30.1 Å². The van der Waals surface area contributed by atoms with Crippen molar-refractivity contribution in [1.82, 2.24) is 10.7 Å². The molecule has 0 unspecified atom stereocenters. The van der Waals surface area contributed by atoms with E-state index in [-0.39, 0.29) is 12.5 Å². The highest BCUT2D eigenvalue weighted by molar-refractivity contribution is 5.89. The molecule has 0 aromatic heterocycles. The van der Waals surface area contributed by atoms with E-state index in [1.54, 1.807) is 30.3 Å². The number of carbonyl (C=O) groups is 3. The Labute approximate surface area is 233 Å². The molecule has 0 heterocycles. The first-order valence-corrected chi connectivity index (χ1v) is 14.2. The maximum Gasteiger partial charge on any atom is 0.336 e. The Bertz CT molecular complexity index is 1030. The summed E-state index contributed by atoms with van der Waals surface area (Å²) in [4.78, 5) is 35.9. The summed E-state index contributed by atoms with van der Waals surface area (Å²) in [5, 5.41) is 6.54. The van der Waals surface area contributed by atoms with Crippen LogP contribution in [0, 0.1) is 0 Å². The van der Waals surface area contributed by atoms with Crippen LogP contribution >= 0.6 is 0 Å². The summed E-state index contributed by atoms with van der Waals surface area (Å²) in [5.41, 5.74) is 4.03. The lowest BCUT2D eigenvalue weighted by atomic mass is 10.1. The first-order valence-electron chi connectivity index (χ1n) is 14.2. The van der Waals surface area contributed by atoms with Crippen LogP contribution in [0.4, 0.5) is 0 Å². The second kappa shape index (κ2) is 20.3. The molecule has 2 aromatic rings. The number of carbonyl (C=O) groups excluding carboxylic acids is 3. The van der Waals surface area contributed by atoms with Gasteiger partial charge in [0.25, 0.3) is 5.91 Å². The van der Waals surface area contributed by atoms with E-state index in [2.05, 4.69) is 22.8 Å². The second-order valence-corrected chi connectivity index (χ2v) is 9.59. The SMILES string of the molecule is CCCCCCCCCCCCCC(=O)NCC(=O)NN=Cc1ccc(OC(=O)C=Cc2ccccc2)cc1. The number of nitrogens with one attached hydrogen (secondary N) is 2. The van der Waals surface area contributed by atoms with E-state index in [9.17, 15) is 14.4 Å². The fourth-order valence-corrected chi connectivity index (χ4v) is 3.94. The molecule has 0 aliphatic carbocycles. The van der Waals surface area contributed by atoms with Crippen LogP contribution in [0.2, 0.25) is 0 Å². The van der Waals surface area contributed by atoms with Crippen molar-refractivity contribution in [2.75, 3.05) is 6.54 Å². The van der Waals surface area contributed by atoms with E-state index in [0.29, 0.717) is 12.2 Å². The van der Waals surface area contributed by atoms with Crippen LogP contribution in [0.5, 0.6) is 5.75 Å². The third-order valence-corrected chi connectivity index (χ3v) is 6.17. The number of esters is 1. The summed E-state index contributed by atoms with van der Waals surface area (Å²) < 4.78 is 5.28. The van der Waals surface area contributed by atoms with Crippen molar-refractivity contribution in [3.05, 3.63) is 71.8 Å². The fourth-order valence-electron chi connectivity index (χ4n) is 3.94. The Morgan fingerprint density at radius 1 is 0.744 bits per heavy atom. The molecule has 0 radical (unpaired) electrons. The highest BCUT2D eigenvalue weighted by Gasteiger charge is 2.05. The first kappa shape index (κ1) is 31.5. The third kappa shape index (κ3) is 16.0. The molecule has 0 aliphatic heterocycles. The fraction of sp³-hybridized carbons (Fsp3) is 0.438. The van der Waals surface area contributed by atoms with Gasteiger partial charge in [-0.2, -0.15) is 5.10 Å². The van der Waals surface area contributed by atoms with Gasteiger partial charge in [-0.15, -0.1) is 0 Å². The van der Waals surface area contributed by atoms with Crippen molar-refractivity contribution in [2.24, 2.45) is 5.10 Å². The Kier molecular flexibility index (Phi) is 16.3. The molecule has 39 heavy (non-hydrogen) atoms. The van der Waals surface area contributed by atoms with Crippen molar-refractivity contribution in [2.45, 2.75) is 84.0 Å². The predicted molar refractivity (Wildman–Crippen MR) is 157 cm³/mol. The van der Waals surface area contributed by atoms with Crippen LogP contribution in [0.15, 0.2) is 65.8 Å². The van der Waals surface area contributed by atoms with Gasteiger partial charge in [-0.1, -0.05) is 101 Å². The number of rotatable bonds is 19. The molecule has 2 amide bonds. The summed E-state index contributed by atoms with van der Waals surface area (Å²) >= 11 is 0. The Morgan fingerprint density at radius 3 is 2.00 bits per heavy atom. The summed E-state index contributed by atoms with van der Waals surface area (Å²) in [5.74, 6) is -0.583. The molecule has 7 nitrogen and oxygen atoms in total. The lowest BCUT2D eigenvalue weighted by Crippen LogP contribution is -2.34. The minimum Gasteiger partial charge on any atom is -0.423 e. The van der Waals surface area contributed by atoms with E-state index in [4.69, 9.17) is 4.74 Å². The standard InChI is InChI=1S/C32H43N3O4/c1-2-3-4-5-6-7-8-9-10-11-15-18-30(36)33-26-31(37)35-34-25-28-19-22-29(23-20-28)39-32(38)24-21-27-16-13-12-14-17-27/h12-14,16-17,19-25H,2-11,15,18,26H2,1H3,(H,33,36)(H,35,37). The number of nitrogens with zero attached hydrogens (tertiary/aromatic N) is 1. The zero-order chi connectivity index (χ0) is 28.0. The van der Waals surface area contributed by atoms with Gasteiger partial charge in [-0.3, -0.25) is 9.59 Å². The minimum atomic E-state index is -0.474. The van der Waals surface area contributed by atoms with Gasteiger partial charge >= 0.3 is 5.97 Å². The van der Waals surface area contributed by atoms with E-state index < -0.39 is 11.9 Å². The van der Waals surface area contributed by atoms with Crippen molar-refractivity contribution in [1.29, 1.82) is 0 Å². The summed E-state index contributed by atoms with van der Waals surface area (Å²) in [7, 11) is 0. The Balaban J connectivity index is 1.52. The zero-order valence-electron chi connectivity index (χ0n) is 23.2. The molecule has 7 heteroatoms. The highest BCUT2D eigenvalue weighted by atomic mass is 16.5. The van der Waals surface area contributed by atoms with Gasteiger partial charge in [0.2, 0.25) is 5.91 Å². The van der Waals surface area contributed by atoms with Crippen LogP contribution in [-0.4, -0.2) is 30.5 Å². The van der Waals surface area contributed by atoms with E-state index >= 15 is 0 Å². The molecule has 0 saturated carbocycles. The van der Waals surface area contributed by atoms with Crippen molar-refractivity contribution < 1.29 is 19.1 Å². The molecule has 0 fully saturated rings. The summed E-state index contributed by atoms with van der Waals surface area (Å²) in [6, 6.07) is 16.2. The zero-order valence-corrected chi connectivity index (χ0v) is 23.2. The minimum absolute atomic E-state index is 0.112.